The Kier molecular flexibility index (Phi) is 3.47. The lowest BCUT2D eigenvalue weighted by molar-refractivity contribution is 0.686. The molecule has 0 bridgehead atoms. The highest BCUT2D eigenvalue weighted by Crippen LogP contribution is 2.14. The second-order valence-electron chi connectivity index (χ2n) is 3.84. The molecular formula is C11H19N3. The van der Waals surface area contributed by atoms with Gasteiger partial charge in [0, 0.05) is 25.3 Å². The Hall–Kier alpha value is -1.09. The summed E-state index contributed by atoms with van der Waals surface area (Å²) in [5, 5.41) is 0. The normalized spacial score (nSPS) is 12.6. The van der Waals surface area contributed by atoms with E-state index in [1.165, 1.54) is 5.56 Å². The molecule has 0 aliphatic rings. The number of hydrogen-bond donors (Lipinski definition) is 1. The van der Waals surface area contributed by atoms with Gasteiger partial charge in [-0.25, -0.2) is 4.98 Å². The highest BCUT2D eigenvalue weighted by atomic mass is 15.2. The fourth-order valence-electron chi connectivity index (χ4n) is 1.38. The molecule has 0 fully saturated rings. The minimum atomic E-state index is 0.323. The molecule has 3 nitrogen and oxygen atoms in total. The maximum absolute atomic E-state index is 5.62. The molecule has 1 unspecified atom stereocenters. The maximum atomic E-state index is 5.62. The van der Waals surface area contributed by atoms with E-state index >= 15 is 0 Å². The molecule has 0 aromatic carbocycles. The summed E-state index contributed by atoms with van der Waals surface area (Å²) in [6.45, 7) is 6.83. The number of nitrogens with zero attached hydrogens (tertiary/aromatic N) is 2. The quantitative estimate of drug-likeness (QED) is 0.790. The summed E-state index contributed by atoms with van der Waals surface area (Å²) >= 11 is 0. The molecule has 0 saturated heterocycles. The Labute approximate surface area is 85.9 Å². The van der Waals surface area contributed by atoms with Gasteiger partial charge in [0.05, 0.1) is 0 Å². The van der Waals surface area contributed by atoms with Crippen molar-refractivity contribution >= 4 is 5.82 Å². The summed E-state index contributed by atoms with van der Waals surface area (Å²) in [5.41, 5.74) is 7.91. The average molecular weight is 193 g/mol. The molecule has 0 spiro atoms. The van der Waals surface area contributed by atoms with Crippen LogP contribution in [-0.2, 0) is 0 Å². The third-order valence-electron chi connectivity index (χ3n) is 2.45. The third kappa shape index (κ3) is 2.45. The van der Waals surface area contributed by atoms with Crippen LogP contribution in [0.4, 0.5) is 5.82 Å². The maximum Gasteiger partial charge on any atom is 0.129 e. The smallest absolute Gasteiger partial charge is 0.129 e. The van der Waals surface area contributed by atoms with Gasteiger partial charge in [0.25, 0.3) is 0 Å². The summed E-state index contributed by atoms with van der Waals surface area (Å²) in [6.07, 6.45) is 0. The Morgan fingerprint density at radius 1 is 1.43 bits per heavy atom. The van der Waals surface area contributed by atoms with Gasteiger partial charge in [-0.2, -0.15) is 0 Å². The molecule has 1 atom stereocenters. The first kappa shape index (κ1) is 11.0. The van der Waals surface area contributed by atoms with Gasteiger partial charge >= 0.3 is 0 Å². The van der Waals surface area contributed by atoms with Crippen LogP contribution < -0.4 is 10.6 Å². The second-order valence-corrected chi connectivity index (χ2v) is 3.84. The average Bonchev–Trinajstić information content (AvgIpc) is 2.14. The van der Waals surface area contributed by atoms with Gasteiger partial charge in [0.15, 0.2) is 0 Å². The van der Waals surface area contributed by atoms with E-state index in [0.717, 1.165) is 11.5 Å². The monoisotopic (exact) mass is 193 g/mol. The Morgan fingerprint density at radius 3 is 2.57 bits per heavy atom. The van der Waals surface area contributed by atoms with Crippen molar-refractivity contribution in [2.24, 2.45) is 5.73 Å². The van der Waals surface area contributed by atoms with Gasteiger partial charge in [0.1, 0.15) is 5.82 Å². The lowest BCUT2D eigenvalue weighted by atomic mass is 10.2. The van der Waals surface area contributed by atoms with Crippen molar-refractivity contribution in [2.75, 3.05) is 18.5 Å². The second kappa shape index (κ2) is 4.42. The van der Waals surface area contributed by atoms with E-state index in [1.54, 1.807) is 0 Å². The van der Waals surface area contributed by atoms with Crippen molar-refractivity contribution in [1.29, 1.82) is 0 Å². The van der Waals surface area contributed by atoms with E-state index < -0.39 is 0 Å². The minimum Gasteiger partial charge on any atom is -0.356 e. The first-order valence-electron chi connectivity index (χ1n) is 4.92. The number of rotatable bonds is 3. The fraction of sp³-hybridized carbons (Fsp3) is 0.545. The lowest BCUT2D eigenvalue weighted by Crippen LogP contribution is -2.35. The molecule has 0 aliphatic heterocycles. The number of aromatic nitrogens is 1. The van der Waals surface area contributed by atoms with Crippen molar-refractivity contribution in [3.05, 3.63) is 23.4 Å². The molecule has 0 radical (unpaired) electrons. The van der Waals surface area contributed by atoms with Crippen LogP contribution in [0, 0.1) is 13.8 Å². The zero-order valence-electron chi connectivity index (χ0n) is 9.41. The van der Waals surface area contributed by atoms with Crippen molar-refractivity contribution in [3.8, 4) is 0 Å². The van der Waals surface area contributed by atoms with Crippen LogP contribution in [0.15, 0.2) is 12.1 Å². The standard InChI is InChI=1S/C11H19N3/c1-8-5-9(2)13-11(6-8)14(4)10(3)7-12/h5-6,10H,7,12H2,1-4H3. The van der Waals surface area contributed by atoms with Gasteiger partial charge < -0.3 is 10.6 Å². The van der Waals surface area contributed by atoms with Crippen LogP contribution >= 0.6 is 0 Å². The van der Waals surface area contributed by atoms with Crippen LogP contribution in [0.2, 0.25) is 0 Å². The molecule has 0 saturated carbocycles. The largest absolute Gasteiger partial charge is 0.356 e. The highest BCUT2D eigenvalue weighted by molar-refractivity contribution is 5.42. The van der Waals surface area contributed by atoms with Crippen molar-refractivity contribution in [2.45, 2.75) is 26.8 Å². The molecule has 1 heterocycles. The number of anilines is 1. The van der Waals surface area contributed by atoms with Crippen molar-refractivity contribution in [1.82, 2.24) is 4.98 Å². The van der Waals surface area contributed by atoms with Crippen LogP contribution in [0.3, 0.4) is 0 Å². The van der Waals surface area contributed by atoms with Gasteiger partial charge in [-0.3, -0.25) is 0 Å². The molecule has 3 heteroatoms. The summed E-state index contributed by atoms with van der Waals surface area (Å²) in [6, 6.07) is 4.48. The zero-order valence-corrected chi connectivity index (χ0v) is 9.41. The minimum absolute atomic E-state index is 0.323. The molecular weight excluding hydrogens is 174 g/mol. The number of nitrogens with two attached hydrogens (primary N) is 1. The summed E-state index contributed by atoms with van der Waals surface area (Å²) in [5.74, 6) is 1.00. The number of hydrogen-bond acceptors (Lipinski definition) is 3. The summed E-state index contributed by atoms with van der Waals surface area (Å²) < 4.78 is 0. The Morgan fingerprint density at radius 2 is 2.07 bits per heavy atom. The molecule has 78 valence electrons. The van der Waals surface area contributed by atoms with E-state index in [1.807, 2.05) is 14.0 Å². The predicted octanol–water partition coefficient (Wildman–Crippen LogP) is 1.48. The molecule has 2 N–H and O–H groups in total. The van der Waals surface area contributed by atoms with Crippen molar-refractivity contribution < 1.29 is 0 Å². The van der Waals surface area contributed by atoms with E-state index in [0.29, 0.717) is 12.6 Å². The summed E-state index contributed by atoms with van der Waals surface area (Å²) in [4.78, 5) is 6.58. The van der Waals surface area contributed by atoms with Gasteiger partial charge in [-0.05, 0) is 38.5 Å². The van der Waals surface area contributed by atoms with Gasteiger partial charge in [-0.1, -0.05) is 0 Å². The van der Waals surface area contributed by atoms with E-state index in [2.05, 4.69) is 35.9 Å². The topological polar surface area (TPSA) is 42.2 Å². The molecule has 1 rings (SSSR count). The SMILES string of the molecule is Cc1cc(C)nc(N(C)C(C)CN)c1. The molecule has 0 aliphatic carbocycles. The fourth-order valence-corrected chi connectivity index (χ4v) is 1.38. The van der Waals surface area contributed by atoms with E-state index in [-0.39, 0.29) is 0 Å². The number of pyridine rings is 1. The Bertz CT molecular complexity index is 289. The molecule has 0 amide bonds. The van der Waals surface area contributed by atoms with Crippen molar-refractivity contribution in [3.63, 3.8) is 0 Å². The van der Waals surface area contributed by atoms with Gasteiger partial charge in [0.2, 0.25) is 0 Å². The van der Waals surface area contributed by atoms with Crippen LogP contribution in [-0.4, -0.2) is 24.6 Å². The molecule has 14 heavy (non-hydrogen) atoms. The summed E-state index contributed by atoms with van der Waals surface area (Å²) in [7, 11) is 2.03. The van der Waals surface area contributed by atoms with Crippen LogP contribution in [0.5, 0.6) is 0 Å². The molecule has 1 aromatic heterocycles. The van der Waals surface area contributed by atoms with E-state index in [4.69, 9.17) is 5.73 Å². The van der Waals surface area contributed by atoms with E-state index in [9.17, 15) is 0 Å². The lowest BCUT2D eigenvalue weighted by Gasteiger charge is -2.25. The predicted molar refractivity (Wildman–Crippen MR) is 60.6 cm³/mol. The van der Waals surface area contributed by atoms with Crippen LogP contribution in [0.1, 0.15) is 18.2 Å². The van der Waals surface area contributed by atoms with Gasteiger partial charge in [-0.15, -0.1) is 0 Å². The first-order chi connectivity index (χ1) is 6.54. The number of likely N-dealkylation sites (N-methyl/N-ethyl adjacent to an activating group) is 1. The first-order valence-corrected chi connectivity index (χ1v) is 4.92. The highest BCUT2D eigenvalue weighted by Gasteiger charge is 2.09. The zero-order chi connectivity index (χ0) is 10.7. The third-order valence-corrected chi connectivity index (χ3v) is 2.45. The number of aryl methyl sites for hydroxylation is 2. The van der Waals surface area contributed by atoms with Crippen LogP contribution in [0.25, 0.3) is 0 Å². The Balaban J connectivity index is 2.94. The molecule has 1 aromatic rings.